The number of anilines is 1. The number of ether oxygens (including phenoxy) is 2. The van der Waals surface area contributed by atoms with Crippen molar-refractivity contribution in [2.24, 2.45) is 7.05 Å². The molecule has 1 unspecified atom stereocenters. The third-order valence-corrected chi connectivity index (χ3v) is 9.18. The average molecular weight is 704 g/mol. The monoisotopic (exact) mass is 703 g/mol. The molecule has 4 aromatic rings. The number of rotatable bonds is 7. The molecule has 6 rings (SSSR count). The number of pyridine rings is 1. The molecule has 1 aromatic heterocycles. The molecular formula is C35H31F6N3O6. The van der Waals surface area contributed by atoms with E-state index < -0.39 is 65.4 Å². The summed E-state index contributed by atoms with van der Waals surface area (Å²) in [6, 6.07) is 4.59. The van der Waals surface area contributed by atoms with Crippen molar-refractivity contribution in [1.29, 1.82) is 0 Å². The molecule has 0 saturated carbocycles. The van der Waals surface area contributed by atoms with Crippen LogP contribution in [0.3, 0.4) is 0 Å². The number of nitrogens with one attached hydrogen (secondary N) is 1. The Bertz CT molecular complexity index is 2060. The van der Waals surface area contributed by atoms with Crippen LogP contribution in [0.1, 0.15) is 33.5 Å². The van der Waals surface area contributed by atoms with E-state index in [2.05, 4.69) is 5.32 Å². The van der Waals surface area contributed by atoms with E-state index in [4.69, 9.17) is 9.47 Å². The van der Waals surface area contributed by atoms with E-state index in [9.17, 15) is 37.1 Å². The van der Waals surface area contributed by atoms with Gasteiger partial charge in [-0.1, -0.05) is 12.1 Å². The third kappa shape index (κ3) is 6.37. The summed E-state index contributed by atoms with van der Waals surface area (Å²) in [5.74, 6) is -6.05. The first-order valence-corrected chi connectivity index (χ1v) is 15.7. The molecule has 3 heterocycles. The fourth-order valence-electron chi connectivity index (χ4n) is 6.69. The van der Waals surface area contributed by atoms with Crippen LogP contribution in [0.5, 0.6) is 5.75 Å². The molecule has 264 valence electrons. The van der Waals surface area contributed by atoms with E-state index in [1.165, 1.54) is 22.8 Å². The maximum atomic E-state index is 15.2. The molecule has 1 fully saturated rings. The normalized spacial score (nSPS) is 16.9. The fourth-order valence-corrected chi connectivity index (χ4v) is 6.69. The van der Waals surface area contributed by atoms with Crippen LogP contribution in [-0.2, 0) is 29.4 Å². The van der Waals surface area contributed by atoms with Gasteiger partial charge < -0.3 is 29.4 Å². The Morgan fingerprint density at radius 1 is 1.06 bits per heavy atom. The van der Waals surface area contributed by atoms with E-state index in [0.717, 1.165) is 4.90 Å². The standard InChI is InChI=1S/C35H31F6N3O6/c1-17-23-13-19(36)6-8-27(23)43(2)33(46)29(17)22-7-5-18(21-4-3-10-50-31(21)22)12-26(34(47)48)42-32(45)30-24(37)14-20(15-25(30)38)44-9-11-49-16-28(44)35(39,40)41/h5-8,13-15,26,28H,3-4,9-12,16H2,1-2H3,(H,42,45)(H,47,48)/t26?,28-/m1/s1. The SMILES string of the molecule is Cc1c(-c2ccc(CC(NC(=O)c3c(F)cc(N4CCOC[C@@H]4C(F)(F)F)cc3F)C(=O)O)c3c2OCCC3)c(=O)n(C)c2ccc(F)cc12. The minimum atomic E-state index is -4.76. The predicted octanol–water partition coefficient (Wildman–Crippen LogP) is 5.45. The zero-order chi connectivity index (χ0) is 36.1. The number of carbonyl (C=O) groups excluding carboxylic acids is 1. The number of fused-ring (bicyclic) bond motifs is 2. The molecule has 0 spiro atoms. The van der Waals surface area contributed by atoms with Crippen LogP contribution in [0.2, 0.25) is 0 Å². The molecule has 0 aliphatic carbocycles. The van der Waals surface area contributed by atoms with Gasteiger partial charge in [0.25, 0.3) is 11.5 Å². The molecule has 2 aliphatic rings. The van der Waals surface area contributed by atoms with E-state index in [1.54, 1.807) is 26.1 Å². The molecule has 0 radical (unpaired) electrons. The number of aliphatic carboxylic acids is 1. The van der Waals surface area contributed by atoms with E-state index >= 15 is 8.78 Å². The number of carboxylic acids is 1. The van der Waals surface area contributed by atoms with Gasteiger partial charge in [-0.25, -0.2) is 18.0 Å². The fraction of sp³-hybridized carbons (Fsp3) is 0.343. The van der Waals surface area contributed by atoms with Gasteiger partial charge in [-0.05, 0) is 66.8 Å². The third-order valence-electron chi connectivity index (χ3n) is 9.18. The zero-order valence-corrected chi connectivity index (χ0v) is 26.8. The van der Waals surface area contributed by atoms with Crippen LogP contribution >= 0.6 is 0 Å². The Morgan fingerprint density at radius 2 is 1.78 bits per heavy atom. The molecule has 50 heavy (non-hydrogen) atoms. The first-order chi connectivity index (χ1) is 23.7. The highest BCUT2D eigenvalue weighted by molar-refractivity contribution is 5.97. The van der Waals surface area contributed by atoms with Gasteiger partial charge in [0.05, 0.1) is 30.9 Å². The summed E-state index contributed by atoms with van der Waals surface area (Å²) >= 11 is 0. The smallest absolute Gasteiger partial charge is 0.411 e. The molecule has 3 aromatic carbocycles. The minimum absolute atomic E-state index is 0.118. The highest BCUT2D eigenvalue weighted by Gasteiger charge is 2.46. The van der Waals surface area contributed by atoms with Gasteiger partial charge in [0.15, 0.2) is 0 Å². The van der Waals surface area contributed by atoms with Crippen molar-refractivity contribution in [3.8, 4) is 16.9 Å². The number of amides is 1. The lowest BCUT2D eigenvalue weighted by Crippen LogP contribution is -2.53. The average Bonchev–Trinajstić information content (AvgIpc) is 3.07. The summed E-state index contributed by atoms with van der Waals surface area (Å²) in [6.07, 6.45) is -4.13. The largest absolute Gasteiger partial charge is 0.493 e. The number of aryl methyl sites for hydroxylation is 2. The molecule has 1 amide bonds. The Balaban J connectivity index is 1.31. The maximum absolute atomic E-state index is 15.2. The van der Waals surface area contributed by atoms with Gasteiger partial charge in [0.1, 0.15) is 40.8 Å². The van der Waals surface area contributed by atoms with Crippen LogP contribution < -0.4 is 20.5 Å². The quantitative estimate of drug-likeness (QED) is 0.247. The maximum Gasteiger partial charge on any atom is 0.411 e. The highest BCUT2D eigenvalue weighted by Crippen LogP contribution is 2.40. The number of hydrogen-bond donors (Lipinski definition) is 2. The first kappa shape index (κ1) is 34.8. The second-order valence-corrected chi connectivity index (χ2v) is 12.2. The molecule has 2 atom stereocenters. The van der Waals surface area contributed by atoms with Gasteiger partial charge in [0.2, 0.25) is 0 Å². The second kappa shape index (κ2) is 13.3. The van der Waals surface area contributed by atoms with E-state index in [-0.39, 0.29) is 30.7 Å². The van der Waals surface area contributed by atoms with Crippen LogP contribution in [0.4, 0.5) is 32.0 Å². The lowest BCUT2D eigenvalue weighted by atomic mass is 9.89. The van der Waals surface area contributed by atoms with Gasteiger partial charge in [-0.3, -0.25) is 9.59 Å². The number of carbonyl (C=O) groups is 2. The van der Waals surface area contributed by atoms with E-state index in [0.29, 0.717) is 70.5 Å². The van der Waals surface area contributed by atoms with Crippen molar-refractivity contribution in [2.75, 3.05) is 31.3 Å². The molecule has 2 aliphatic heterocycles. The number of morpholine rings is 1. The van der Waals surface area contributed by atoms with Crippen molar-refractivity contribution in [1.82, 2.24) is 9.88 Å². The number of halogens is 6. The first-order valence-electron chi connectivity index (χ1n) is 15.7. The van der Waals surface area contributed by atoms with E-state index in [1.807, 2.05) is 0 Å². The predicted molar refractivity (Wildman–Crippen MR) is 170 cm³/mol. The number of nitrogens with zero attached hydrogens (tertiary/aromatic N) is 2. The Morgan fingerprint density at radius 3 is 2.46 bits per heavy atom. The Kier molecular flexibility index (Phi) is 9.29. The lowest BCUT2D eigenvalue weighted by molar-refractivity contribution is -0.167. The van der Waals surface area contributed by atoms with Crippen molar-refractivity contribution >= 4 is 28.5 Å². The summed E-state index contributed by atoms with van der Waals surface area (Å²) in [5, 5.41) is 12.7. The van der Waals surface area contributed by atoms with Gasteiger partial charge in [-0.15, -0.1) is 0 Å². The molecule has 15 heteroatoms. The van der Waals surface area contributed by atoms with Crippen molar-refractivity contribution in [2.45, 2.75) is 44.4 Å². The van der Waals surface area contributed by atoms with Crippen molar-refractivity contribution in [3.05, 3.63) is 92.5 Å². The summed E-state index contributed by atoms with van der Waals surface area (Å²) in [7, 11) is 1.56. The zero-order valence-electron chi connectivity index (χ0n) is 26.8. The van der Waals surface area contributed by atoms with Gasteiger partial charge in [-0.2, -0.15) is 13.2 Å². The molecule has 2 N–H and O–H groups in total. The van der Waals surface area contributed by atoms with Crippen LogP contribution in [0.15, 0.2) is 47.3 Å². The number of alkyl halides is 3. The summed E-state index contributed by atoms with van der Waals surface area (Å²) in [4.78, 5) is 39.8. The number of aromatic nitrogens is 1. The highest BCUT2D eigenvalue weighted by atomic mass is 19.4. The van der Waals surface area contributed by atoms with Crippen molar-refractivity contribution in [3.63, 3.8) is 0 Å². The summed E-state index contributed by atoms with van der Waals surface area (Å²) in [6.45, 7) is 0.816. The van der Waals surface area contributed by atoms with Crippen LogP contribution in [0.25, 0.3) is 22.0 Å². The Hall–Kier alpha value is -5.05. The summed E-state index contributed by atoms with van der Waals surface area (Å²) in [5.41, 5.74) is 0.757. The van der Waals surface area contributed by atoms with Crippen molar-refractivity contribution < 1.29 is 50.5 Å². The van der Waals surface area contributed by atoms with Gasteiger partial charge in [0, 0.05) is 36.7 Å². The van der Waals surface area contributed by atoms with Crippen LogP contribution in [0, 0.1) is 24.4 Å². The second-order valence-electron chi connectivity index (χ2n) is 12.2. The van der Waals surface area contributed by atoms with Crippen LogP contribution in [-0.4, -0.2) is 66.2 Å². The molecule has 1 saturated heterocycles. The number of hydrogen-bond acceptors (Lipinski definition) is 6. The molecule has 9 nitrogen and oxygen atoms in total. The lowest BCUT2D eigenvalue weighted by Gasteiger charge is -2.38. The summed E-state index contributed by atoms with van der Waals surface area (Å²) < 4.78 is 97.6. The topological polar surface area (TPSA) is 110 Å². The minimum Gasteiger partial charge on any atom is -0.493 e. The number of benzene rings is 3. The molecule has 0 bridgehead atoms. The molecular weight excluding hydrogens is 672 g/mol. The number of carboxylic acid groups (broad SMARTS) is 1. The van der Waals surface area contributed by atoms with Gasteiger partial charge >= 0.3 is 12.1 Å². The Labute approximate surface area is 281 Å².